The average molecular weight is 389 g/mol. The molecule has 1 N–H and O–H groups in total. The number of ether oxygens (including phenoxy) is 2. The summed E-state index contributed by atoms with van der Waals surface area (Å²) in [6, 6.07) is 7.54. The zero-order valence-corrected chi connectivity index (χ0v) is 14.7. The first-order valence-electron chi connectivity index (χ1n) is 6.65. The molecule has 0 heterocycles. The summed E-state index contributed by atoms with van der Waals surface area (Å²) in [5.41, 5.74) is 0.583. The van der Waals surface area contributed by atoms with Gasteiger partial charge in [-0.25, -0.2) is 0 Å². The molecule has 1 amide bonds. The van der Waals surface area contributed by atoms with Crippen LogP contribution in [0.5, 0.6) is 11.5 Å². The van der Waals surface area contributed by atoms with Gasteiger partial charge in [-0.2, -0.15) is 0 Å². The molecule has 5 nitrogen and oxygen atoms in total. The molecule has 2 aromatic carbocycles. The number of carbonyl (C=O) groups excluding carboxylic acids is 2. The van der Waals surface area contributed by atoms with Gasteiger partial charge in [-0.05, 0) is 30.3 Å². The van der Waals surface area contributed by atoms with E-state index in [1.807, 2.05) is 0 Å². The van der Waals surface area contributed by atoms with Crippen LogP contribution in [0.1, 0.15) is 10.4 Å². The zero-order valence-electron chi connectivity index (χ0n) is 12.4. The van der Waals surface area contributed by atoms with E-state index in [4.69, 9.17) is 44.3 Å². The lowest BCUT2D eigenvalue weighted by Gasteiger charge is -2.11. The van der Waals surface area contributed by atoms with Crippen LogP contribution in [0, 0.1) is 0 Å². The van der Waals surface area contributed by atoms with Gasteiger partial charge in [-0.15, -0.1) is 0 Å². The maximum atomic E-state index is 12.0. The van der Waals surface area contributed by atoms with Gasteiger partial charge >= 0.3 is 0 Å². The molecule has 0 radical (unpaired) electrons. The van der Waals surface area contributed by atoms with E-state index >= 15 is 0 Å². The average Bonchev–Trinajstić information content (AvgIpc) is 2.57. The molecule has 0 saturated heterocycles. The Morgan fingerprint density at radius 1 is 1.12 bits per heavy atom. The van der Waals surface area contributed by atoms with Crippen LogP contribution in [-0.2, 0) is 4.79 Å². The molecular formula is C16H12Cl3NO4. The normalized spacial score (nSPS) is 10.2. The molecule has 0 spiro atoms. The van der Waals surface area contributed by atoms with Gasteiger partial charge < -0.3 is 14.8 Å². The van der Waals surface area contributed by atoms with Gasteiger partial charge in [0.1, 0.15) is 11.5 Å². The standard InChI is InChI=1S/C16H12Cl3NO4/c1-23-10-2-3-15(9(4-10)7-21)24-8-16(22)20-14-6-12(18)11(17)5-13(14)19/h2-7H,8H2,1H3,(H,20,22). The van der Waals surface area contributed by atoms with Gasteiger partial charge in [-0.3, -0.25) is 9.59 Å². The highest BCUT2D eigenvalue weighted by Gasteiger charge is 2.11. The van der Waals surface area contributed by atoms with E-state index in [-0.39, 0.29) is 33.0 Å². The number of benzene rings is 2. The minimum Gasteiger partial charge on any atom is -0.497 e. The Balaban J connectivity index is 2.04. The largest absolute Gasteiger partial charge is 0.497 e. The van der Waals surface area contributed by atoms with Gasteiger partial charge in [0.25, 0.3) is 5.91 Å². The fourth-order valence-corrected chi connectivity index (χ4v) is 2.42. The van der Waals surface area contributed by atoms with Crippen molar-refractivity contribution in [3.05, 3.63) is 51.0 Å². The summed E-state index contributed by atoms with van der Waals surface area (Å²) >= 11 is 17.7. The molecule has 0 saturated carbocycles. The number of halogens is 3. The zero-order chi connectivity index (χ0) is 17.7. The van der Waals surface area contributed by atoms with Gasteiger partial charge in [-0.1, -0.05) is 34.8 Å². The van der Waals surface area contributed by atoms with E-state index in [0.29, 0.717) is 17.7 Å². The summed E-state index contributed by atoms with van der Waals surface area (Å²) in [7, 11) is 1.49. The van der Waals surface area contributed by atoms with Crippen molar-refractivity contribution in [2.75, 3.05) is 19.0 Å². The molecule has 0 aliphatic rings. The molecule has 0 unspecified atom stereocenters. The Morgan fingerprint density at radius 2 is 1.83 bits per heavy atom. The molecule has 0 bridgehead atoms. The second kappa shape index (κ2) is 8.24. The maximum Gasteiger partial charge on any atom is 0.262 e. The molecule has 0 atom stereocenters. The van der Waals surface area contributed by atoms with E-state index in [0.717, 1.165) is 0 Å². The van der Waals surface area contributed by atoms with Crippen molar-refractivity contribution in [2.24, 2.45) is 0 Å². The van der Waals surface area contributed by atoms with Crippen LogP contribution >= 0.6 is 34.8 Å². The fraction of sp³-hybridized carbons (Fsp3) is 0.125. The third-order valence-electron chi connectivity index (χ3n) is 2.99. The van der Waals surface area contributed by atoms with E-state index in [9.17, 15) is 9.59 Å². The molecule has 8 heteroatoms. The summed E-state index contributed by atoms with van der Waals surface area (Å²) < 4.78 is 10.4. The van der Waals surface area contributed by atoms with Crippen LogP contribution in [0.2, 0.25) is 15.1 Å². The number of amides is 1. The van der Waals surface area contributed by atoms with Crippen molar-refractivity contribution in [1.29, 1.82) is 0 Å². The summed E-state index contributed by atoms with van der Waals surface area (Å²) in [5.74, 6) is 0.306. The lowest BCUT2D eigenvalue weighted by molar-refractivity contribution is -0.118. The molecule has 0 aliphatic heterocycles. The number of anilines is 1. The molecule has 0 fully saturated rings. The Kier molecular flexibility index (Phi) is 6.31. The first-order valence-corrected chi connectivity index (χ1v) is 7.78. The van der Waals surface area contributed by atoms with Crippen molar-refractivity contribution in [2.45, 2.75) is 0 Å². The van der Waals surface area contributed by atoms with Gasteiger partial charge in [0.2, 0.25) is 0 Å². The van der Waals surface area contributed by atoms with Gasteiger partial charge in [0.05, 0.1) is 33.4 Å². The van der Waals surface area contributed by atoms with Crippen LogP contribution in [0.4, 0.5) is 5.69 Å². The highest BCUT2D eigenvalue weighted by atomic mass is 35.5. The summed E-state index contributed by atoms with van der Waals surface area (Å²) in [6.45, 7) is -0.316. The van der Waals surface area contributed by atoms with Crippen molar-refractivity contribution in [1.82, 2.24) is 0 Å². The highest BCUT2D eigenvalue weighted by molar-refractivity contribution is 6.44. The smallest absolute Gasteiger partial charge is 0.262 e. The summed E-state index contributed by atoms with van der Waals surface area (Å²) in [6.07, 6.45) is 0.617. The lowest BCUT2D eigenvalue weighted by atomic mass is 10.2. The van der Waals surface area contributed by atoms with Crippen LogP contribution in [0.3, 0.4) is 0 Å². The number of methoxy groups -OCH3 is 1. The van der Waals surface area contributed by atoms with Crippen LogP contribution < -0.4 is 14.8 Å². The topological polar surface area (TPSA) is 64.6 Å². The molecule has 126 valence electrons. The van der Waals surface area contributed by atoms with Crippen molar-refractivity contribution < 1.29 is 19.1 Å². The molecule has 24 heavy (non-hydrogen) atoms. The summed E-state index contributed by atoms with van der Waals surface area (Å²) in [4.78, 5) is 23.0. The number of hydrogen-bond acceptors (Lipinski definition) is 4. The van der Waals surface area contributed by atoms with Crippen molar-refractivity contribution in [3.63, 3.8) is 0 Å². The van der Waals surface area contributed by atoms with Crippen molar-refractivity contribution >= 4 is 52.7 Å². The molecule has 2 aromatic rings. The van der Waals surface area contributed by atoms with E-state index in [1.54, 1.807) is 12.1 Å². The van der Waals surface area contributed by atoms with E-state index < -0.39 is 5.91 Å². The predicted octanol–water partition coefficient (Wildman–Crippen LogP) is 4.49. The first kappa shape index (κ1) is 18.4. The Morgan fingerprint density at radius 3 is 2.50 bits per heavy atom. The number of aldehydes is 1. The Bertz CT molecular complexity index is 780. The Labute approximate surface area is 153 Å². The molecular weight excluding hydrogens is 377 g/mol. The quantitative estimate of drug-likeness (QED) is 0.585. The number of rotatable bonds is 6. The van der Waals surface area contributed by atoms with Crippen LogP contribution in [0.15, 0.2) is 30.3 Å². The molecule has 0 aromatic heterocycles. The van der Waals surface area contributed by atoms with Crippen LogP contribution in [0.25, 0.3) is 0 Å². The third kappa shape index (κ3) is 4.54. The summed E-state index contributed by atoms with van der Waals surface area (Å²) in [5, 5.41) is 3.34. The Hall–Kier alpha value is -1.95. The predicted molar refractivity (Wildman–Crippen MR) is 94.0 cm³/mol. The first-order chi connectivity index (χ1) is 11.4. The van der Waals surface area contributed by atoms with Gasteiger partial charge in [0.15, 0.2) is 12.9 Å². The number of nitrogens with one attached hydrogen (secondary N) is 1. The van der Waals surface area contributed by atoms with Crippen molar-refractivity contribution in [3.8, 4) is 11.5 Å². The van der Waals surface area contributed by atoms with Crippen LogP contribution in [-0.4, -0.2) is 25.9 Å². The third-order valence-corrected chi connectivity index (χ3v) is 4.02. The minimum atomic E-state index is -0.469. The minimum absolute atomic E-state index is 0.246. The van der Waals surface area contributed by atoms with E-state index in [1.165, 1.54) is 25.3 Å². The molecule has 0 aliphatic carbocycles. The highest BCUT2D eigenvalue weighted by Crippen LogP contribution is 2.32. The number of carbonyl (C=O) groups is 2. The second-order valence-electron chi connectivity index (χ2n) is 4.60. The maximum absolute atomic E-state index is 12.0. The second-order valence-corrected chi connectivity index (χ2v) is 5.83. The molecule has 2 rings (SSSR count). The lowest BCUT2D eigenvalue weighted by Crippen LogP contribution is -2.20. The van der Waals surface area contributed by atoms with Gasteiger partial charge in [0, 0.05) is 0 Å². The number of hydrogen-bond donors (Lipinski definition) is 1. The monoisotopic (exact) mass is 387 g/mol. The SMILES string of the molecule is COc1ccc(OCC(=O)Nc2cc(Cl)c(Cl)cc2Cl)c(C=O)c1. The fourth-order valence-electron chi connectivity index (χ4n) is 1.83. The van der Waals surface area contributed by atoms with E-state index in [2.05, 4.69) is 5.32 Å².